The quantitative estimate of drug-likeness (QED) is 0.821. The summed E-state index contributed by atoms with van der Waals surface area (Å²) in [7, 11) is 0. The average molecular weight is 365 g/mol. The van der Waals surface area contributed by atoms with Crippen LogP contribution in [-0.2, 0) is 9.47 Å². The van der Waals surface area contributed by atoms with E-state index < -0.39 is 0 Å². The van der Waals surface area contributed by atoms with Gasteiger partial charge in [0.15, 0.2) is 0 Å². The fourth-order valence-electron chi connectivity index (χ4n) is 4.12. The van der Waals surface area contributed by atoms with Crippen LogP contribution >= 0.6 is 11.8 Å². The number of furan rings is 1. The topological polar surface area (TPSA) is 51.9 Å². The Kier molecular flexibility index (Phi) is 4.86. The number of aryl methyl sites for hydroxylation is 2. The molecule has 1 aromatic heterocycles. The number of carbonyl (C=O) groups is 1. The van der Waals surface area contributed by atoms with Gasteiger partial charge in [0, 0.05) is 38.7 Å². The number of hydrogen-bond acceptors (Lipinski definition) is 5. The Bertz CT molecular complexity index is 631. The van der Waals surface area contributed by atoms with Crippen molar-refractivity contribution in [3.05, 3.63) is 23.2 Å². The van der Waals surface area contributed by atoms with E-state index in [1.807, 2.05) is 36.6 Å². The fraction of sp³-hybridized carbons (Fsp3) is 0.737. The molecule has 0 aliphatic carbocycles. The first-order chi connectivity index (χ1) is 12.0. The van der Waals surface area contributed by atoms with Crippen LogP contribution < -0.4 is 0 Å². The molecule has 25 heavy (non-hydrogen) atoms. The Hall–Kier alpha value is -0.980. The molecule has 1 unspecified atom stereocenters. The molecular weight excluding hydrogens is 338 g/mol. The van der Waals surface area contributed by atoms with Crippen LogP contribution in [0.4, 0.5) is 0 Å². The second-order valence-electron chi connectivity index (χ2n) is 7.70. The summed E-state index contributed by atoms with van der Waals surface area (Å²) in [5.41, 5.74) is 0.711. The molecule has 5 nitrogen and oxygen atoms in total. The van der Waals surface area contributed by atoms with E-state index in [9.17, 15) is 4.79 Å². The molecular formula is C19H27NO4S. The third-order valence-electron chi connectivity index (χ3n) is 5.60. The second-order valence-corrected chi connectivity index (χ2v) is 9.19. The van der Waals surface area contributed by atoms with Crippen LogP contribution in [0.1, 0.15) is 41.1 Å². The van der Waals surface area contributed by atoms with E-state index in [0.717, 1.165) is 69.4 Å². The zero-order valence-electron chi connectivity index (χ0n) is 15.1. The summed E-state index contributed by atoms with van der Waals surface area (Å²) in [5.74, 6) is 3.33. The Morgan fingerprint density at radius 1 is 1.36 bits per heavy atom. The van der Waals surface area contributed by atoms with Gasteiger partial charge in [0.05, 0.1) is 16.4 Å². The maximum absolute atomic E-state index is 12.6. The van der Waals surface area contributed by atoms with Crippen molar-refractivity contribution in [3.8, 4) is 0 Å². The van der Waals surface area contributed by atoms with E-state index in [4.69, 9.17) is 13.9 Å². The molecule has 0 N–H and O–H groups in total. The molecule has 4 rings (SSSR count). The van der Waals surface area contributed by atoms with Gasteiger partial charge in [0.1, 0.15) is 11.5 Å². The molecule has 0 saturated carbocycles. The maximum atomic E-state index is 12.6. The molecule has 6 heteroatoms. The van der Waals surface area contributed by atoms with Gasteiger partial charge < -0.3 is 18.8 Å². The molecule has 1 spiro atoms. The van der Waals surface area contributed by atoms with E-state index in [1.54, 1.807) is 0 Å². The number of nitrogens with zero attached hydrogens (tertiary/aromatic N) is 1. The number of hydrogen-bond donors (Lipinski definition) is 0. The number of likely N-dealkylation sites (tertiary alicyclic amines) is 1. The molecule has 1 aromatic rings. The smallest absolute Gasteiger partial charge is 0.257 e. The predicted octanol–water partition coefficient (Wildman–Crippen LogP) is 3.04. The molecule has 138 valence electrons. The Balaban J connectivity index is 1.25. The van der Waals surface area contributed by atoms with E-state index >= 15 is 0 Å². The van der Waals surface area contributed by atoms with Crippen molar-refractivity contribution in [2.24, 2.45) is 5.92 Å². The minimum absolute atomic E-state index is 0.104. The molecule has 1 atom stereocenters. The summed E-state index contributed by atoms with van der Waals surface area (Å²) in [5, 5.41) is 0. The highest BCUT2D eigenvalue weighted by Gasteiger charge is 2.51. The third-order valence-corrected chi connectivity index (χ3v) is 7.18. The summed E-state index contributed by atoms with van der Waals surface area (Å²) in [6.07, 6.45) is 3.64. The van der Waals surface area contributed by atoms with Crippen LogP contribution in [0.15, 0.2) is 10.5 Å². The number of thioether (sulfide) groups is 1. The Morgan fingerprint density at radius 2 is 2.12 bits per heavy atom. The van der Waals surface area contributed by atoms with Crippen molar-refractivity contribution in [2.45, 2.75) is 44.0 Å². The zero-order valence-corrected chi connectivity index (χ0v) is 15.9. The van der Waals surface area contributed by atoms with E-state index in [0.29, 0.717) is 17.6 Å². The Morgan fingerprint density at radius 3 is 2.80 bits per heavy atom. The van der Waals surface area contributed by atoms with Crippen molar-refractivity contribution in [1.82, 2.24) is 4.90 Å². The highest BCUT2D eigenvalue weighted by molar-refractivity contribution is 8.01. The lowest BCUT2D eigenvalue weighted by Crippen LogP contribution is -2.60. The molecule has 3 fully saturated rings. The lowest BCUT2D eigenvalue weighted by Gasteiger charge is -2.47. The van der Waals surface area contributed by atoms with Gasteiger partial charge >= 0.3 is 0 Å². The van der Waals surface area contributed by atoms with Crippen molar-refractivity contribution >= 4 is 17.7 Å². The number of rotatable bonds is 4. The van der Waals surface area contributed by atoms with Crippen molar-refractivity contribution < 1.29 is 18.7 Å². The highest BCUT2D eigenvalue weighted by atomic mass is 32.2. The van der Waals surface area contributed by atoms with Crippen molar-refractivity contribution in [2.75, 3.05) is 38.7 Å². The molecule has 0 bridgehead atoms. The molecule has 3 aliphatic rings. The Labute approximate surface area is 153 Å². The number of ether oxygens (including phenoxy) is 2. The van der Waals surface area contributed by atoms with Gasteiger partial charge in [-0.05, 0) is 45.1 Å². The van der Waals surface area contributed by atoms with Crippen LogP contribution in [0.2, 0.25) is 0 Å². The lowest BCUT2D eigenvalue weighted by molar-refractivity contribution is -0.0118. The van der Waals surface area contributed by atoms with Gasteiger partial charge in [-0.2, -0.15) is 0 Å². The first-order valence-corrected chi connectivity index (χ1v) is 10.2. The normalized spacial score (nSPS) is 26.2. The van der Waals surface area contributed by atoms with Crippen LogP contribution in [0.3, 0.4) is 0 Å². The standard InChI is InChI=1S/C19H27NO4S/c1-13-7-17(14(2)24-13)18(21)20-11-19(12-20)8-16(10-25-19)23-9-15-3-5-22-6-4-15/h7,15-16H,3-6,8-12H2,1-2H3. The average Bonchev–Trinajstić information content (AvgIpc) is 3.15. The molecule has 0 radical (unpaired) electrons. The minimum Gasteiger partial charge on any atom is -0.466 e. The maximum Gasteiger partial charge on any atom is 0.257 e. The molecule has 1 amide bonds. The highest BCUT2D eigenvalue weighted by Crippen LogP contribution is 2.46. The minimum atomic E-state index is 0.104. The summed E-state index contributed by atoms with van der Waals surface area (Å²) >= 11 is 1.98. The molecule has 3 saturated heterocycles. The van der Waals surface area contributed by atoms with E-state index in [2.05, 4.69) is 0 Å². The summed E-state index contributed by atoms with van der Waals surface area (Å²) < 4.78 is 17.3. The predicted molar refractivity (Wildman–Crippen MR) is 97.2 cm³/mol. The molecule has 0 aromatic carbocycles. The monoisotopic (exact) mass is 365 g/mol. The van der Waals surface area contributed by atoms with Crippen LogP contribution in [0, 0.1) is 19.8 Å². The summed E-state index contributed by atoms with van der Waals surface area (Å²) in [6.45, 7) is 8.02. The first-order valence-electron chi connectivity index (χ1n) is 9.24. The van der Waals surface area contributed by atoms with E-state index in [1.165, 1.54) is 0 Å². The van der Waals surface area contributed by atoms with Crippen LogP contribution in [0.25, 0.3) is 0 Å². The van der Waals surface area contributed by atoms with Gasteiger partial charge in [0.2, 0.25) is 0 Å². The third kappa shape index (κ3) is 3.62. The molecule has 4 heterocycles. The van der Waals surface area contributed by atoms with Gasteiger partial charge in [-0.3, -0.25) is 4.79 Å². The van der Waals surface area contributed by atoms with Crippen LogP contribution in [0.5, 0.6) is 0 Å². The van der Waals surface area contributed by atoms with Crippen LogP contribution in [-0.4, -0.2) is 60.3 Å². The summed E-state index contributed by atoms with van der Waals surface area (Å²) in [4.78, 5) is 14.6. The first kappa shape index (κ1) is 17.4. The van der Waals surface area contributed by atoms with E-state index in [-0.39, 0.29) is 10.7 Å². The fourth-order valence-corrected chi connectivity index (χ4v) is 5.67. The SMILES string of the molecule is Cc1cc(C(=O)N2CC3(CC(OCC4CCOCC4)CS3)C2)c(C)o1. The van der Waals surface area contributed by atoms with Gasteiger partial charge in [-0.25, -0.2) is 0 Å². The zero-order chi connectivity index (χ0) is 17.4. The lowest BCUT2D eigenvalue weighted by atomic mass is 9.92. The van der Waals surface area contributed by atoms with Gasteiger partial charge in [-0.1, -0.05) is 0 Å². The second kappa shape index (κ2) is 6.97. The van der Waals surface area contributed by atoms with Crippen molar-refractivity contribution in [3.63, 3.8) is 0 Å². The number of carbonyl (C=O) groups excluding carboxylic acids is 1. The number of amides is 1. The molecule has 3 aliphatic heterocycles. The van der Waals surface area contributed by atoms with Crippen molar-refractivity contribution in [1.29, 1.82) is 0 Å². The largest absolute Gasteiger partial charge is 0.466 e. The van der Waals surface area contributed by atoms with Gasteiger partial charge in [-0.15, -0.1) is 11.8 Å². The summed E-state index contributed by atoms with van der Waals surface area (Å²) in [6, 6.07) is 1.85. The van der Waals surface area contributed by atoms with Gasteiger partial charge in [0.25, 0.3) is 5.91 Å².